The predicted octanol–water partition coefficient (Wildman–Crippen LogP) is 4.41. The largest absolute Gasteiger partial charge is 0.313 e. The van der Waals surface area contributed by atoms with Gasteiger partial charge >= 0.3 is 0 Å². The number of hydrogen-bond acceptors (Lipinski definition) is 1. The molecule has 2 aromatic carbocycles. The lowest BCUT2D eigenvalue weighted by Crippen LogP contribution is -2.19. The van der Waals surface area contributed by atoms with Gasteiger partial charge in [0.25, 0.3) is 0 Å². The second-order valence-corrected chi connectivity index (χ2v) is 5.14. The van der Waals surface area contributed by atoms with Gasteiger partial charge in [0.2, 0.25) is 0 Å². The molecule has 0 spiro atoms. The summed E-state index contributed by atoms with van der Waals surface area (Å²) in [4.78, 5) is 0. The van der Waals surface area contributed by atoms with Crippen LogP contribution in [0.4, 0.5) is 0 Å². The second kappa shape index (κ2) is 6.74. The fourth-order valence-corrected chi connectivity index (χ4v) is 2.51. The van der Waals surface area contributed by atoms with Gasteiger partial charge < -0.3 is 5.32 Å². The fourth-order valence-electron chi connectivity index (χ4n) is 2.30. The van der Waals surface area contributed by atoms with Crippen LogP contribution in [0, 0.1) is 0 Å². The zero-order valence-electron chi connectivity index (χ0n) is 11.5. The normalized spacial score (nSPS) is 12.4. The molecule has 0 aliphatic carbocycles. The molecule has 2 rings (SSSR count). The molecule has 0 saturated heterocycles. The molecule has 0 saturated carbocycles. The van der Waals surface area contributed by atoms with Crippen molar-refractivity contribution >= 4 is 11.6 Å². The molecule has 2 heteroatoms. The molecule has 0 amide bonds. The Balaban J connectivity index is 2.22. The summed E-state index contributed by atoms with van der Waals surface area (Å²) in [5.41, 5.74) is 3.88. The van der Waals surface area contributed by atoms with E-state index in [1.807, 2.05) is 25.2 Å². The van der Waals surface area contributed by atoms with Crippen molar-refractivity contribution in [3.05, 3.63) is 70.2 Å². The van der Waals surface area contributed by atoms with Crippen LogP contribution in [0.2, 0.25) is 5.02 Å². The average Bonchev–Trinajstić information content (AvgIpc) is 2.46. The lowest BCUT2D eigenvalue weighted by molar-refractivity contribution is 0.591. The van der Waals surface area contributed by atoms with Crippen LogP contribution >= 0.6 is 11.6 Å². The monoisotopic (exact) mass is 273 g/mol. The Kier molecular flexibility index (Phi) is 5.00. The van der Waals surface area contributed by atoms with Gasteiger partial charge in [-0.2, -0.15) is 0 Å². The van der Waals surface area contributed by atoms with E-state index in [-0.39, 0.29) is 0 Å². The maximum atomic E-state index is 6.24. The van der Waals surface area contributed by atoms with Crippen LogP contribution in [-0.2, 0) is 12.8 Å². The first-order chi connectivity index (χ1) is 9.24. The number of halogens is 1. The van der Waals surface area contributed by atoms with E-state index < -0.39 is 0 Å². The lowest BCUT2D eigenvalue weighted by Gasteiger charge is -2.18. The van der Waals surface area contributed by atoms with Gasteiger partial charge in [-0.25, -0.2) is 0 Å². The fraction of sp³-hybridized carbons (Fsp3) is 0.294. The van der Waals surface area contributed by atoms with Crippen LogP contribution in [0.1, 0.15) is 29.7 Å². The van der Waals surface area contributed by atoms with Crippen molar-refractivity contribution in [1.82, 2.24) is 5.32 Å². The van der Waals surface area contributed by atoms with E-state index >= 15 is 0 Å². The second-order valence-electron chi connectivity index (χ2n) is 4.74. The highest BCUT2D eigenvalue weighted by Gasteiger charge is 2.12. The van der Waals surface area contributed by atoms with E-state index in [0.29, 0.717) is 6.04 Å². The molecule has 0 bridgehead atoms. The van der Waals surface area contributed by atoms with Crippen molar-refractivity contribution < 1.29 is 0 Å². The van der Waals surface area contributed by atoms with Crippen LogP contribution in [0.5, 0.6) is 0 Å². The molecule has 1 atom stereocenters. The molecule has 2 aromatic rings. The van der Waals surface area contributed by atoms with Crippen molar-refractivity contribution in [1.29, 1.82) is 0 Å². The Morgan fingerprint density at radius 2 is 1.89 bits per heavy atom. The topological polar surface area (TPSA) is 12.0 Å². The number of hydrogen-bond donors (Lipinski definition) is 1. The summed E-state index contributed by atoms with van der Waals surface area (Å²) in [6, 6.07) is 17.1. The van der Waals surface area contributed by atoms with Crippen LogP contribution in [-0.4, -0.2) is 7.05 Å². The first-order valence-electron chi connectivity index (χ1n) is 6.74. The predicted molar refractivity (Wildman–Crippen MR) is 82.8 cm³/mol. The summed E-state index contributed by atoms with van der Waals surface area (Å²) in [5, 5.41) is 4.23. The first kappa shape index (κ1) is 14.1. The standard InChI is InChI=1S/C17H20ClN/c1-3-13-7-6-9-15(11-13)17(19-2)12-14-8-4-5-10-16(14)18/h4-11,17,19H,3,12H2,1-2H3. The highest BCUT2D eigenvalue weighted by molar-refractivity contribution is 6.31. The SMILES string of the molecule is CCc1cccc(C(Cc2ccccc2Cl)NC)c1. The van der Waals surface area contributed by atoms with Crippen LogP contribution in [0.3, 0.4) is 0 Å². The number of nitrogens with one attached hydrogen (secondary N) is 1. The Hall–Kier alpha value is -1.31. The van der Waals surface area contributed by atoms with E-state index in [2.05, 4.69) is 42.6 Å². The zero-order valence-corrected chi connectivity index (χ0v) is 12.2. The van der Waals surface area contributed by atoms with E-state index in [1.54, 1.807) is 0 Å². The molecule has 0 radical (unpaired) electrons. The number of aryl methyl sites for hydroxylation is 1. The third-order valence-corrected chi connectivity index (χ3v) is 3.86. The van der Waals surface area contributed by atoms with Crippen molar-refractivity contribution in [2.75, 3.05) is 7.05 Å². The molecule has 1 nitrogen and oxygen atoms in total. The summed E-state index contributed by atoms with van der Waals surface area (Å²) in [7, 11) is 2.00. The highest BCUT2D eigenvalue weighted by atomic mass is 35.5. The highest BCUT2D eigenvalue weighted by Crippen LogP contribution is 2.23. The van der Waals surface area contributed by atoms with Crippen molar-refractivity contribution in [3.8, 4) is 0 Å². The van der Waals surface area contributed by atoms with Gasteiger partial charge in [-0.05, 0) is 42.6 Å². The number of rotatable bonds is 5. The lowest BCUT2D eigenvalue weighted by atomic mass is 9.97. The minimum absolute atomic E-state index is 0.298. The van der Waals surface area contributed by atoms with E-state index in [1.165, 1.54) is 16.7 Å². The molecular formula is C17H20ClN. The van der Waals surface area contributed by atoms with Crippen LogP contribution < -0.4 is 5.32 Å². The van der Waals surface area contributed by atoms with Gasteiger partial charge in [0.1, 0.15) is 0 Å². The Morgan fingerprint density at radius 3 is 2.58 bits per heavy atom. The molecule has 1 unspecified atom stereocenters. The summed E-state index contributed by atoms with van der Waals surface area (Å²) in [6.07, 6.45) is 1.97. The van der Waals surface area contributed by atoms with Crippen molar-refractivity contribution in [3.63, 3.8) is 0 Å². The third-order valence-electron chi connectivity index (χ3n) is 3.49. The van der Waals surface area contributed by atoms with Gasteiger partial charge in [-0.3, -0.25) is 0 Å². The summed E-state index contributed by atoms with van der Waals surface area (Å²) in [6.45, 7) is 2.18. The molecule has 100 valence electrons. The van der Waals surface area contributed by atoms with Crippen LogP contribution in [0.15, 0.2) is 48.5 Å². The summed E-state index contributed by atoms with van der Waals surface area (Å²) < 4.78 is 0. The van der Waals surface area contributed by atoms with E-state index in [9.17, 15) is 0 Å². The van der Waals surface area contributed by atoms with E-state index in [0.717, 1.165) is 17.9 Å². The van der Waals surface area contributed by atoms with Gasteiger partial charge in [0, 0.05) is 11.1 Å². The molecule has 1 N–H and O–H groups in total. The Morgan fingerprint density at radius 1 is 1.11 bits per heavy atom. The molecule has 0 heterocycles. The Bertz CT molecular complexity index is 536. The summed E-state index contributed by atoms with van der Waals surface area (Å²) >= 11 is 6.24. The van der Waals surface area contributed by atoms with Gasteiger partial charge in [0.05, 0.1) is 0 Å². The van der Waals surface area contributed by atoms with Gasteiger partial charge in [0.15, 0.2) is 0 Å². The average molecular weight is 274 g/mol. The molecule has 0 aliphatic heterocycles. The van der Waals surface area contributed by atoms with E-state index in [4.69, 9.17) is 11.6 Å². The minimum Gasteiger partial charge on any atom is -0.313 e. The number of likely N-dealkylation sites (N-methyl/N-ethyl adjacent to an activating group) is 1. The first-order valence-corrected chi connectivity index (χ1v) is 7.12. The zero-order chi connectivity index (χ0) is 13.7. The third kappa shape index (κ3) is 3.59. The number of benzene rings is 2. The molecule has 0 fully saturated rings. The molecule has 19 heavy (non-hydrogen) atoms. The molecule has 0 aliphatic rings. The quantitative estimate of drug-likeness (QED) is 0.851. The van der Waals surface area contributed by atoms with Gasteiger partial charge in [-0.1, -0.05) is 61.0 Å². The maximum Gasteiger partial charge on any atom is 0.0438 e. The smallest absolute Gasteiger partial charge is 0.0438 e. The van der Waals surface area contributed by atoms with Crippen LogP contribution in [0.25, 0.3) is 0 Å². The minimum atomic E-state index is 0.298. The maximum absolute atomic E-state index is 6.24. The summed E-state index contributed by atoms with van der Waals surface area (Å²) in [5.74, 6) is 0. The Labute approximate surface area is 120 Å². The molecule has 0 aromatic heterocycles. The molecular weight excluding hydrogens is 254 g/mol. The van der Waals surface area contributed by atoms with Gasteiger partial charge in [-0.15, -0.1) is 0 Å². The van der Waals surface area contributed by atoms with Crippen molar-refractivity contribution in [2.45, 2.75) is 25.8 Å². The van der Waals surface area contributed by atoms with Crippen molar-refractivity contribution in [2.24, 2.45) is 0 Å².